The third kappa shape index (κ3) is 7.81. The molecule has 3 amide bonds. The standard InChI is InChI=1S/C38H28Cl2N4O3S/c39-30-18-10-20-32(34(30)40)43-38(47)35(24-11-3-1-4-12-24)48-28-16-9-15-27(22-28)42-37(46)33(44-36(45)25-13-5-2-6-14-25)21-26-23-41-31-19-8-7-17-29(26)31/h1-23,35,41H,(H,42,46)(H,43,47)(H,44,45)/b33-21-. The van der Waals surface area contributed by atoms with Gasteiger partial charge < -0.3 is 20.9 Å². The van der Waals surface area contributed by atoms with Crippen LogP contribution in [0.5, 0.6) is 0 Å². The van der Waals surface area contributed by atoms with Crippen molar-refractivity contribution in [2.45, 2.75) is 10.1 Å². The predicted octanol–water partition coefficient (Wildman–Crippen LogP) is 9.36. The van der Waals surface area contributed by atoms with Gasteiger partial charge in [-0.1, -0.05) is 102 Å². The largest absolute Gasteiger partial charge is 0.361 e. The number of hydrogen-bond donors (Lipinski definition) is 4. The third-order valence-electron chi connectivity index (χ3n) is 7.35. The van der Waals surface area contributed by atoms with Gasteiger partial charge in [0.25, 0.3) is 11.8 Å². The van der Waals surface area contributed by atoms with E-state index >= 15 is 0 Å². The quantitative estimate of drug-likeness (QED) is 0.0849. The molecule has 5 aromatic carbocycles. The summed E-state index contributed by atoms with van der Waals surface area (Å²) < 4.78 is 0. The van der Waals surface area contributed by atoms with E-state index in [1.54, 1.807) is 72.9 Å². The number of aromatic nitrogens is 1. The zero-order valence-corrected chi connectivity index (χ0v) is 27.6. The molecular weight excluding hydrogens is 663 g/mol. The highest BCUT2D eigenvalue weighted by Crippen LogP contribution is 2.38. The molecule has 1 atom stereocenters. The minimum atomic E-state index is -0.658. The van der Waals surface area contributed by atoms with Gasteiger partial charge in [0.2, 0.25) is 5.91 Å². The average molecular weight is 692 g/mol. The highest BCUT2D eigenvalue weighted by Gasteiger charge is 2.24. The van der Waals surface area contributed by atoms with Gasteiger partial charge in [-0.15, -0.1) is 11.8 Å². The fraction of sp³-hybridized carbons (Fsp3) is 0.0263. The number of rotatable bonds is 10. The molecule has 48 heavy (non-hydrogen) atoms. The monoisotopic (exact) mass is 690 g/mol. The molecular formula is C38H28Cl2N4O3S. The number of hydrogen-bond acceptors (Lipinski definition) is 4. The van der Waals surface area contributed by atoms with Crippen molar-refractivity contribution in [1.29, 1.82) is 0 Å². The molecule has 0 bridgehead atoms. The first-order chi connectivity index (χ1) is 23.4. The van der Waals surface area contributed by atoms with Crippen LogP contribution >= 0.6 is 35.0 Å². The second-order valence-electron chi connectivity index (χ2n) is 10.6. The molecule has 10 heteroatoms. The van der Waals surface area contributed by atoms with Crippen molar-refractivity contribution < 1.29 is 14.4 Å². The van der Waals surface area contributed by atoms with E-state index in [0.717, 1.165) is 26.9 Å². The molecule has 0 saturated heterocycles. The Hall–Kier alpha value is -5.28. The number of carbonyl (C=O) groups is 3. The first kappa shape index (κ1) is 32.7. The van der Waals surface area contributed by atoms with Gasteiger partial charge in [-0.3, -0.25) is 14.4 Å². The number of aromatic amines is 1. The van der Waals surface area contributed by atoms with Crippen LogP contribution in [-0.2, 0) is 9.59 Å². The summed E-state index contributed by atoms with van der Waals surface area (Å²) in [5, 5.41) is 9.44. The van der Waals surface area contributed by atoms with Gasteiger partial charge >= 0.3 is 0 Å². The molecule has 1 unspecified atom stereocenters. The van der Waals surface area contributed by atoms with Crippen molar-refractivity contribution in [2.75, 3.05) is 10.6 Å². The molecule has 0 aliphatic carbocycles. The fourth-order valence-corrected chi connectivity index (χ4v) is 6.42. The Kier molecular flexibility index (Phi) is 10.3. The minimum absolute atomic E-state index is 0.0617. The molecule has 6 rings (SSSR count). The van der Waals surface area contributed by atoms with Crippen LogP contribution in [0.1, 0.15) is 26.7 Å². The molecule has 238 valence electrons. The Morgan fingerprint density at radius 1 is 0.750 bits per heavy atom. The van der Waals surface area contributed by atoms with E-state index in [9.17, 15) is 14.4 Å². The number of benzene rings is 5. The molecule has 0 saturated carbocycles. The first-order valence-electron chi connectivity index (χ1n) is 14.9. The molecule has 6 aromatic rings. The SMILES string of the molecule is O=C(Nc1cccc(SC(C(=O)Nc2cccc(Cl)c2Cl)c2ccccc2)c1)/C(=C/c1c[nH]c2ccccc12)NC(=O)c1ccccc1. The summed E-state index contributed by atoms with van der Waals surface area (Å²) in [5.41, 5.74) is 3.78. The van der Waals surface area contributed by atoms with Gasteiger partial charge in [0.1, 0.15) is 10.9 Å². The number of H-pyrrole nitrogens is 1. The van der Waals surface area contributed by atoms with Crippen LogP contribution in [0.3, 0.4) is 0 Å². The van der Waals surface area contributed by atoms with Crippen LogP contribution < -0.4 is 16.0 Å². The maximum absolute atomic E-state index is 13.8. The number of carbonyl (C=O) groups excluding carboxylic acids is 3. The van der Waals surface area contributed by atoms with E-state index in [-0.39, 0.29) is 16.6 Å². The summed E-state index contributed by atoms with van der Waals surface area (Å²) in [6, 6.07) is 38.0. The number of nitrogens with one attached hydrogen (secondary N) is 4. The lowest BCUT2D eigenvalue weighted by Gasteiger charge is -2.18. The smallest absolute Gasteiger partial charge is 0.272 e. The zero-order valence-electron chi connectivity index (χ0n) is 25.2. The van der Waals surface area contributed by atoms with E-state index in [2.05, 4.69) is 20.9 Å². The van der Waals surface area contributed by atoms with E-state index in [1.165, 1.54) is 11.8 Å². The molecule has 0 spiro atoms. The lowest BCUT2D eigenvalue weighted by molar-refractivity contribution is -0.116. The molecule has 0 aliphatic heterocycles. The zero-order chi connectivity index (χ0) is 33.5. The highest BCUT2D eigenvalue weighted by molar-refractivity contribution is 8.00. The first-order valence-corrected chi connectivity index (χ1v) is 16.5. The lowest BCUT2D eigenvalue weighted by atomic mass is 10.1. The van der Waals surface area contributed by atoms with Crippen LogP contribution in [0.4, 0.5) is 11.4 Å². The molecule has 4 N–H and O–H groups in total. The Bertz CT molecular complexity index is 2130. The van der Waals surface area contributed by atoms with Crippen molar-refractivity contribution in [3.63, 3.8) is 0 Å². The number of anilines is 2. The Balaban J connectivity index is 1.26. The number of halogens is 2. The highest BCUT2D eigenvalue weighted by atomic mass is 35.5. The number of amides is 3. The van der Waals surface area contributed by atoms with Crippen molar-refractivity contribution in [1.82, 2.24) is 10.3 Å². The normalized spacial score (nSPS) is 11.9. The Morgan fingerprint density at radius 3 is 2.25 bits per heavy atom. The molecule has 0 aliphatic rings. The molecule has 7 nitrogen and oxygen atoms in total. The summed E-state index contributed by atoms with van der Waals surface area (Å²) in [6.45, 7) is 0. The third-order valence-corrected chi connectivity index (χ3v) is 9.41. The summed E-state index contributed by atoms with van der Waals surface area (Å²) in [7, 11) is 0. The summed E-state index contributed by atoms with van der Waals surface area (Å²) in [5.74, 6) is -1.23. The molecule has 1 aromatic heterocycles. The van der Waals surface area contributed by atoms with Gasteiger partial charge in [0.15, 0.2) is 0 Å². The van der Waals surface area contributed by atoms with Crippen molar-refractivity contribution in [2.24, 2.45) is 0 Å². The lowest BCUT2D eigenvalue weighted by Crippen LogP contribution is -2.30. The maximum atomic E-state index is 13.8. The van der Waals surface area contributed by atoms with Gasteiger partial charge in [0.05, 0.1) is 15.7 Å². The number of fused-ring (bicyclic) bond motifs is 1. The Morgan fingerprint density at radius 2 is 1.46 bits per heavy atom. The van der Waals surface area contributed by atoms with E-state index in [1.807, 2.05) is 66.7 Å². The molecule has 0 fully saturated rings. The van der Waals surface area contributed by atoms with Crippen LogP contribution in [0.2, 0.25) is 10.0 Å². The number of para-hydroxylation sites is 1. The van der Waals surface area contributed by atoms with E-state index in [0.29, 0.717) is 22.0 Å². The van der Waals surface area contributed by atoms with E-state index < -0.39 is 17.1 Å². The van der Waals surface area contributed by atoms with Crippen molar-refractivity contribution in [3.05, 3.63) is 166 Å². The van der Waals surface area contributed by atoms with Crippen molar-refractivity contribution in [3.8, 4) is 0 Å². The summed E-state index contributed by atoms with van der Waals surface area (Å²) >= 11 is 13.8. The Labute approximate surface area is 291 Å². The summed E-state index contributed by atoms with van der Waals surface area (Å²) in [4.78, 5) is 44.5. The summed E-state index contributed by atoms with van der Waals surface area (Å²) in [6.07, 6.45) is 3.43. The van der Waals surface area contributed by atoms with Crippen LogP contribution in [-0.4, -0.2) is 22.7 Å². The van der Waals surface area contributed by atoms with E-state index in [4.69, 9.17) is 23.2 Å². The van der Waals surface area contributed by atoms with Crippen molar-refractivity contribution >= 4 is 81.0 Å². The molecule has 1 heterocycles. The van der Waals surface area contributed by atoms with Crippen LogP contribution in [0.25, 0.3) is 17.0 Å². The van der Waals surface area contributed by atoms with Gasteiger partial charge in [-0.05, 0) is 60.2 Å². The molecule has 0 radical (unpaired) electrons. The number of thioether (sulfide) groups is 1. The fourth-order valence-electron chi connectivity index (χ4n) is 4.99. The second kappa shape index (κ2) is 15.1. The topological polar surface area (TPSA) is 103 Å². The van der Waals surface area contributed by atoms with Gasteiger partial charge in [0, 0.05) is 38.8 Å². The van der Waals surface area contributed by atoms with Crippen LogP contribution in [0, 0.1) is 0 Å². The van der Waals surface area contributed by atoms with Gasteiger partial charge in [-0.2, -0.15) is 0 Å². The average Bonchev–Trinajstić information content (AvgIpc) is 3.52. The second-order valence-corrected chi connectivity index (χ2v) is 12.6. The van der Waals surface area contributed by atoms with Crippen LogP contribution in [0.15, 0.2) is 144 Å². The maximum Gasteiger partial charge on any atom is 0.272 e. The predicted molar refractivity (Wildman–Crippen MR) is 195 cm³/mol. The van der Waals surface area contributed by atoms with Gasteiger partial charge in [-0.25, -0.2) is 0 Å². The minimum Gasteiger partial charge on any atom is -0.361 e.